The van der Waals surface area contributed by atoms with E-state index in [1.165, 1.54) is 37.1 Å². The van der Waals surface area contributed by atoms with E-state index in [9.17, 15) is 4.79 Å². The number of carbonyl (C=O) groups is 1. The molecule has 1 saturated carbocycles. The first-order valence-electron chi connectivity index (χ1n) is 9.53. The zero-order chi connectivity index (χ0) is 17.9. The van der Waals surface area contributed by atoms with E-state index in [4.69, 9.17) is 11.6 Å². The quantitative estimate of drug-likeness (QED) is 0.821. The molecule has 0 spiro atoms. The molecule has 3 nitrogen and oxygen atoms in total. The van der Waals surface area contributed by atoms with Crippen LogP contribution in [0, 0.1) is 5.92 Å². The minimum atomic E-state index is 0.0562. The van der Waals surface area contributed by atoms with Crippen LogP contribution >= 0.6 is 11.6 Å². The minimum absolute atomic E-state index is 0.0562. The van der Waals surface area contributed by atoms with Crippen molar-refractivity contribution in [2.24, 2.45) is 5.92 Å². The van der Waals surface area contributed by atoms with Crippen molar-refractivity contribution in [2.45, 2.75) is 38.3 Å². The summed E-state index contributed by atoms with van der Waals surface area (Å²) in [5.74, 6) is 0.468. The molecule has 1 heterocycles. The molecular weight excluding hydrogens is 344 g/mol. The topological polar surface area (TPSA) is 32.3 Å². The maximum Gasteiger partial charge on any atom is 0.224 e. The lowest BCUT2D eigenvalue weighted by Gasteiger charge is -2.17. The fourth-order valence-corrected chi connectivity index (χ4v) is 4.26. The number of benzene rings is 2. The molecule has 0 bridgehead atoms. The Kier molecular flexibility index (Phi) is 5.28. The van der Waals surface area contributed by atoms with Crippen LogP contribution in [0.3, 0.4) is 0 Å². The van der Waals surface area contributed by atoms with Crippen molar-refractivity contribution in [3.63, 3.8) is 0 Å². The average molecular weight is 369 g/mol. The van der Waals surface area contributed by atoms with Gasteiger partial charge < -0.3 is 5.32 Å². The summed E-state index contributed by atoms with van der Waals surface area (Å²) in [5, 5.41) is 3.91. The van der Waals surface area contributed by atoms with Crippen LogP contribution in [0.15, 0.2) is 48.5 Å². The highest BCUT2D eigenvalue weighted by molar-refractivity contribution is 6.31. The third kappa shape index (κ3) is 3.94. The van der Waals surface area contributed by atoms with E-state index in [0.29, 0.717) is 6.54 Å². The molecule has 0 aromatic heterocycles. The monoisotopic (exact) mass is 368 g/mol. The van der Waals surface area contributed by atoms with Crippen LogP contribution in [0.4, 0.5) is 0 Å². The lowest BCUT2D eigenvalue weighted by molar-refractivity contribution is -0.122. The number of hydrogen-bond donors (Lipinski definition) is 1. The number of nitrogens with zero attached hydrogens (tertiary/aromatic N) is 1. The Labute approximate surface area is 160 Å². The van der Waals surface area contributed by atoms with Gasteiger partial charge in [0.15, 0.2) is 0 Å². The highest BCUT2D eigenvalue weighted by Crippen LogP contribution is 2.49. The van der Waals surface area contributed by atoms with Gasteiger partial charge in [-0.05, 0) is 61.0 Å². The SMILES string of the molecule is O=C(NCc1ccccc1CN1CCCC1)C1CC1c1ccccc1Cl. The lowest BCUT2D eigenvalue weighted by atomic mass is 10.1. The molecule has 136 valence electrons. The molecule has 1 aliphatic carbocycles. The average Bonchev–Trinajstić information content (AvgIpc) is 3.29. The Morgan fingerprint density at radius 2 is 1.73 bits per heavy atom. The first kappa shape index (κ1) is 17.6. The molecule has 2 aromatic rings. The number of rotatable bonds is 6. The summed E-state index contributed by atoms with van der Waals surface area (Å²) < 4.78 is 0. The number of likely N-dealkylation sites (tertiary alicyclic amines) is 1. The van der Waals surface area contributed by atoms with E-state index >= 15 is 0 Å². The number of nitrogens with one attached hydrogen (secondary N) is 1. The van der Waals surface area contributed by atoms with Gasteiger partial charge in [0.05, 0.1) is 0 Å². The fraction of sp³-hybridized carbons (Fsp3) is 0.409. The Hall–Kier alpha value is -1.84. The molecule has 2 aliphatic rings. The Bertz CT molecular complexity index is 785. The van der Waals surface area contributed by atoms with Crippen LogP contribution in [0.25, 0.3) is 0 Å². The lowest BCUT2D eigenvalue weighted by Crippen LogP contribution is -2.26. The molecule has 4 heteroatoms. The first-order valence-corrected chi connectivity index (χ1v) is 9.91. The summed E-state index contributed by atoms with van der Waals surface area (Å²) in [4.78, 5) is 15.1. The molecule has 1 aliphatic heterocycles. The van der Waals surface area contributed by atoms with E-state index in [2.05, 4.69) is 34.5 Å². The maximum atomic E-state index is 12.6. The molecule has 1 saturated heterocycles. The smallest absolute Gasteiger partial charge is 0.224 e. The second kappa shape index (κ2) is 7.81. The third-order valence-electron chi connectivity index (χ3n) is 5.60. The van der Waals surface area contributed by atoms with Gasteiger partial charge in [0.25, 0.3) is 0 Å². The highest BCUT2D eigenvalue weighted by atomic mass is 35.5. The summed E-state index contributed by atoms with van der Waals surface area (Å²) in [6, 6.07) is 16.3. The molecule has 1 N–H and O–H groups in total. The van der Waals surface area contributed by atoms with Crippen LogP contribution in [0.1, 0.15) is 41.9 Å². The van der Waals surface area contributed by atoms with E-state index in [0.717, 1.165) is 23.6 Å². The van der Waals surface area contributed by atoms with Gasteiger partial charge in [-0.3, -0.25) is 9.69 Å². The van der Waals surface area contributed by atoms with Crippen molar-refractivity contribution < 1.29 is 4.79 Å². The number of halogens is 1. The summed E-state index contributed by atoms with van der Waals surface area (Å²) in [7, 11) is 0. The third-order valence-corrected chi connectivity index (χ3v) is 5.94. The van der Waals surface area contributed by atoms with Crippen molar-refractivity contribution in [2.75, 3.05) is 13.1 Å². The molecule has 2 unspecified atom stereocenters. The predicted octanol–water partition coefficient (Wildman–Crippen LogP) is 4.36. The Morgan fingerprint density at radius 1 is 1.04 bits per heavy atom. The van der Waals surface area contributed by atoms with Gasteiger partial charge in [-0.1, -0.05) is 54.1 Å². The van der Waals surface area contributed by atoms with Crippen LogP contribution in [0.5, 0.6) is 0 Å². The van der Waals surface area contributed by atoms with Crippen molar-refractivity contribution in [3.05, 3.63) is 70.2 Å². The van der Waals surface area contributed by atoms with Gasteiger partial charge in [-0.2, -0.15) is 0 Å². The molecule has 2 aromatic carbocycles. The minimum Gasteiger partial charge on any atom is -0.352 e. The highest BCUT2D eigenvalue weighted by Gasteiger charge is 2.44. The van der Waals surface area contributed by atoms with E-state index < -0.39 is 0 Å². The van der Waals surface area contributed by atoms with Crippen molar-refractivity contribution in [3.8, 4) is 0 Å². The summed E-state index contributed by atoms with van der Waals surface area (Å²) in [6.45, 7) is 3.96. The molecular formula is C22H25ClN2O. The summed E-state index contributed by atoms with van der Waals surface area (Å²) in [6.07, 6.45) is 3.49. The van der Waals surface area contributed by atoms with Gasteiger partial charge in [0, 0.05) is 24.0 Å². The maximum absolute atomic E-state index is 12.6. The van der Waals surface area contributed by atoms with E-state index in [1.807, 2.05) is 24.3 Å². The predicted molar refractivity (Wildman–Crippen MR) is 105 cm³/mol. The number of amides is 1. The summed E-state index contributed by atoms with van der Waals surface area (Å²) >= 11 is 6.27. The molecule has 4 rings (SSSR count). The first-order chi connectivity index (χ1) is 12.7. The molecule has 26 heavy (non-hydrogen) atoms. The fourth-order valence-electron chi connectivity index (χ4n) is 3.98. The van der Waals surface area contributed by atoms with Gasteiger partial charge in [-0.25, -0.2) is 0 Å². The second-order valence-corrected chi connectivity index (χ2v) is 7.85. The summed E-state index contributed by atoms with van der Waals surface area (Å²) in [5.41, 5.74) is 3.65. The standard InChI is InChI=1S/C22H25ClN2O/c23-21-10-4-3-9-18(21)19-13-20(19)22(26)24-14-16-7-1-2-8-17(16)15-25-11-5-6-12-25/h1-4,7-10,19-20H,5-6,11-15H2,(H,24,26). The van der Waals surface area contributed by atoms with Crippen LogP contribution < -0.4 is 5.32 Å². The van der Waals surface area contributed by atoms with Gasteiger partial charge in [0.2, 0.25) is 5.91 Å². The van der Waals surface area contributed by atoms with Crippen molar-refractivity contribution in [1.82, 2.24) is 10.2 Å². The van der Waals surface area contributed by atoms with E-state index in [1.54, 1.807) is 0 Å². The van der Waals surface area contributed by atoms with Crippen LogP contribution in [-0.4, -0.2) is 23.9 Å². The van der Waals surface area contributed by atoms with E-state index in [-0.39, 0.29) is 17.7 Å². The van der Waals surface area contributed by atoms with Crippen LogP contribution in [0.2, 0.25) is 5.02 Å². The largest absolute Gasteiger partial charge is 0.352 e. The van der Waals surface area contributed by atoms with Crippen molar-refractivity contribution >= 4 is 17.5 Å². The number of carbonyl (C=O) groups excluding carboxylic acids is 1. The molecule has 0 radical (unpaired) electrons. The molecule has 2 atom stereocenters. The van der Waals surface area contributed by atoms with Crippen LogP contribution in [-0.2, 0) is 17.9 Å². The van der Waals surface area contributed by atoms with Crippen molar-refractivity contribution in [1.29, 1.82) is 0 Å². The zero-order valence-electron chi connectivity index (χ0n) is 15.0. The zero-order valence-corrected chi connectivity index (χ0v) is 15.7. The second-order valence-electron chi connectivity index (χ2n) is 7.44. The van der Waals surface area contributed by atoms with Gasteiger partial charge >= 0.3 is 0 Å². The molecule has 2 fully saturated rings. The normalized spacial score (nSPS) is 22.3. The number of hydrogen-bond acceptors (Lipinski definition) is 2. The van der Waals surface area contributed by atoms with Gasteiger partial charge in [0.1, 0.15) is 0 Å². The Morgan fingerprint density at radius 3 is 2.50 bits per heavy atom. The Balaban J connectivity index is 1.35. The molecule has 1 amide bonds. The van der Waals surface area contributed by atoms with Gasteiger partial charge in [-0.15, -0.1) is 0 Å².